The molecule has 23 heavy (non-hydrogen) atoms. The highest BCUT2D eigenvalue weighted by atomic mass is 16.7. The number of carboxylic acid groups (broad SMARTS) is 1. The Kier molecular flexibility index (Phi) is 5.71. The van der Waals surface area contributed by atoms with Crippen LogP contribution < -0.4 is 9.47 Å². The molecule has 2 aromatic rings. The maximum atomic E-state index is 11.2. The summed E-state index contributed by atoms with van der Waals surface area (Å²) >= 11 is 0. The van der Waals surface area contributed by atoms with Crippen LogP contribution in [-0.2, 0) is 11.3 Å². The first-order valence-electron chi connectivity index (χ1n) is 6.80. The molecule has 0 aromatic heterocycles. The molecule has 0 amide bonds. The summed E-state index contributed by atoms with van der Waals surface area (Å²) in [6, 6.07) is 12.2. The second-order valence-corrected chi connectivity index (χ2v) is 4.61. The molecule has 0 heterocycles. The minimum absolute atomic E-state index is 0.0541. The van der Waals surface area contributed by atoms with E-state index in [1.54, 1.807) is 0 Å². The van der Waals surface area contributed by atoms with Crippen LogP contribution in [0.3, 0.4) is 0 Å². The van der Waals surface area contributed by atoms with E-state index in [0.29, 0.717) is 12.9 Å². The number of rotatable bonds is 8. The van der Waals surface area contributed by atoms with Gasteiger partial charge in [0.25, 0.3) is 0 Å². The molecule has 6 heteroatoms. The van der Waals surface area contributed by atoms with Gasteiger partial charge in [0.1, 0.15) is 11.5 Å². The average Bonchev–Trinajstić information content (AvgIpc) is 2.58. The molecule has 0 spiro atoms. The van der Waals surface area contributed by atoms with E-state index in [9.17, 15) is 9.59 Å². The maximum absolute atomic E-state index is 11.2. The minimum atomic E-state index is -1.24. The lowest BCUT2D eigenvalue weighted by Crippen LogP contribution is -2.09. The van der Waals surface area contributed by atoms with Crippen molar-refractivity contribution in [1.82, 2.24) is 0 Å². The molecule has 1 N–H and O–H groups in total. The first-order chi connectivity index (χ1) is 11.2. The molecule has 6 nitrogen and oxygen atoms in total. The summed E-state index contributed by atoms with van der Waals surface area (Å²) in [4.78, 5) is 22.4. The first-order valence-corrected chi connectivity index (χ1v) is 6.80. The first kappa shape index (κ1) is 16.5. The third-order valence-electron chi connectivity index (χ3n) is 3.11. The number of ether oxygens (including phenoxy) is 3. The number of carbonyl (C=O) groups excluding carboxylic acids is 1. The third kappa shape index (κ3) is 4.31. The van der Waals surface area contributed by atoms with Crippen LogP contribution in [-0.4, -0.2) is 31.3 Å². The molecule has 0 aliphatic rings. The number of benzene rings is 2. The lowest BCUT2D eigenvalue weighted by atomic mass is 10.1. The van der Waals surface area contributed by atoms with Crippen molar-refractivity contribution >= 4 is 12.3 Å². The number of aldehydes is 1. The molecule has 0 saturated heterocycles. The van der Waals surface area contributed by atoms with Gasteiger partial charge in [0.15, 0.2) is 13.1 Å². The molecule has 0 bridgehead atoms. The highest BCUT2D eigenvalue weighted by Crippen LogP contribution is 2.28. The number of hydrogen-bond donors (Lipinski definition) is 1. The second kappa shape index (κ2) is 7.95. The predicted octanol–water partition coefficient (Wildman–Crippen LogP) is 2.76. The van der Waals surface area contributed by atoms with Crippen LogP contribution in [0.5, 0.6) is 11.5 Å². The zero-order valence-electron chi connectivity index (χ0n) is 12.5. The van der Waals surface area contributed by atoms with Gasteiger partial charge in [-0.25, -0.2) is 4.79 Å². The minimum Gasteiger partial charge on any atom is -0.497 e. The van der Waals surface area contributed by atoms with E-state index in [1.165, 1.54) is 19.2 Å². The summed E-state index contributed by atoms with van der Waals surface area (Å²) in [6.07, 6.45) is 0.440. The Morgan fingerprint density at radius 1 is 1.22 bits per heavy atom. The highest BCUT2D eigenvalue weighted by molar-refractivity contribution is 5.99. The Labute approximate surface area is 133 Å². The molecule has 2 aromatic carbocycles. The molecule has 120 valence electrons. The van der Waals surface area contributed by atoms with Crippen molar-refractivity contribution in [2.45, 2.75) is 6.61 Å². The fourth-order valence-corrected chi connectivity index (χ4v) is 1.98. The zero-order valence-corrected chi connectivity index (χ0v) is 12.5. The Morgan fingerprint density at radius 3 is 2.57 bits per heavy atom. The fraction of sp³-hybridized carbons (Fsp3) is 0.176. The maximum Gasteiger partial charge on any atom is 0.336 e. The summed E-state index contributed by atoms with van der Waals surface area (Å²) in [5.41, 5.74) is 0.739. The van der Waals surface area contributed by atoms with Gasteiger partial charge >= 0.3 is 5.97 Å². The normalized spacial score (nSPS) is 10.1. The van der Waals surface area contributed by atoms with Crippen molar-refractivity contribution in [3.8, 4) is 11.5 Å². The topological polar surface area (TPSA) is 82.1 Å². The number of carboxylic acids is 1. The fourth-order valence-electron chi connectivity index (χ4n) is 1.98. The van der Waals surface area contributed by atoms with Crippen LogP contribution in [0.4, 0.5) is 0 Å². The Balaban J connectivity index is 2.07. The van der Waals surface area contributed by atoms with Gasteiger partial charge in [0, 0.05) is 6.07 Å². The molecular formula is C17H16O6. The van der Waals surface area contributed by atoms with Crippen LogP contribution >= 0.6 is 0 Å². The van der Waals surface area contributed by atoms with Crippen LogP contribution in [0.2, 0.25) is 0 Å². The molecule has 0 radical (unpaired) electrons. The molecular weight excluding hydrogens is 300 g/mol. The molecule has 0 aliphatic heterocycles. The van der Waals surface area contributed by atoms with Gasteiger partial charge in [0.2, 0.25) is 0 Å². The molecule has 0 aliphatic carbocycles. The largest absolute Gasteiger partial charge is 0.497 e. The van der Waals surface area contributed by atoms with Gasteiger partial charge in [0.05, 0.1) is 24.8 Å². The molecule has 0 saturated carbocycles. The lowest BCUT2D eigenvalue weighted by Gasteiger charge is -2.12. The van der Waals surface area contributed by atoms with Crippen molar-refractivity contribution in [3.63, 3.8) is 0 Å². The van der Waals surface area contributed by atoms with Crippen molar-refractivity contribution in [2.24, 2.45) is 0 Å². The van der Waals surface area contributed by atoms with Gasteiger partial charge in [-0.05, 0) is 11.6 Å². The van der Waals surface area contributed by atoms with Crippen molar-refractivity contribution < 1.29 is 28.9 Å². The Bertz CT molecular complexity index is 681. The molecule has 0 unspecified atom stereocenters. The Hall–Kier alpha value is -2.86. The molecule has 0 atom stereocenters. The van der Waals surface area contributed by atoms with E-state index in [1.807, 2.05) is 30.3 Å². The Morgan fingerprint density at radius 2 is 1.96 bits per heavy atom. The van der Waals surface area contributed by atoms with Gasteiger partial charge in [-0.3, -0.25) is 4.79 Å². The van der Waals surface area contributed by atoms with Gasteiger partial charge in [-0.15, -0.1) is 0 Å². The predicted molar refractivity (Wildman–Crippen MR) is 82.1 cm³/mol. The van der Waals surface area contributed by atoms with E-state index in [2.05, 4.69) is 0 Å². The van der Waals surface area contributed by atoms with Crippen LogP contribution in [0, 0.1) is 0 Å². The summed E-state index contributed by atoms with van der Waals surface area (Å²) in [7, 11) is 1.40. The number of hydrogen-bond acceptors (Lipinski definition) is 5. The summed E-state index contributed by atoms with van der Waals surface area (Å²) in [5, 5.41) is 9.16. The lowest BCUT2D eigenvalue weighted by molar-refractivity contribution is 0.00458. The van der Waals surface area contributed by atoms with Gasteiger partial charge in [-0.1, -0.05) is 30.3 Å². The average molecular weight is 316 g/mol. The number of carbonyl (C=O) groups is 2. The third-order valence-corrected chi connectivity index (χ3v) is 3.11. The van der Waals surface area contributed by atoms with Gasteiger partial charge in [-0.2, -0.15) is 0 Å². The zero-order chi connectivity index (χ0) is 16.7. The van der Waals surface area contributed by atoms with Crippen LogP contribution in [0.15, 0.2) is 42.5 Å². The van der Waals surface area contributed by atoms with E-state index in [-0.39, 0.29) is 29.4 Å². The monoisotopic (exact) mass is 316 g/mol. The number of aromatic carboxylic acids is 1. The van der Waals surface area contributed by atoms with Crippen LogP contribution in [0.1, 0.15) is 26.3 Å². The highest BCUT2D eigenvalue weighted by Gasteiger charge is 2.17. The molecule has 0 fully saturated rings. The van der Waals surface area contributed by atoms with E-state index in [0.717, 1.165) is 5.56 Å². The number of methoxy groups -OCH3 is 1. The van der Waals surface area contributed by atoms with Crippen LogP contribution in [0.25, 0.3) is 0 Å². The van der Waals surface area contributed by atoms with Crippen molar-refractivity contribution in [2.75, 3.05) is 13.9 Å². The summed E-state index contributed by atoms with van der Waals surface area (Å²) in [6.45, 7) is 0.217. The SMILES string of the molecule is COc1cc(OCOCc2ccccc2)c(C=O)c(C(=O)O)c1. The van der Waals surface area contributed by atoms with Crippen molar-refractivity contribution in [3.05, 3.63) is 59.2 Å². The van der Waals surface area contributed by atoms with Gasteiger partial charge < -0.3 is 19.3 Å². The standard InChI is InChI=1S/C17H16O6/c1-21-13-7-14(17(19)20)15(9-18)16(8-13)23-11-22-10-12-5-3-2-4-6-12/h2-9H,10-11H2,1H3,(H,19,20). The van der Waals surface area contributed by atoms with E-state index >= 15 is 0 Å². The quantitative estimate of drug-likeness (QED) is 0.458. The van der Waals surface area contributed by atoms with Crippen molar-refractivity contribution in [1.29, 1.82) is 0 Å². The summed E-state index contributed by atoms with van der Waals surface area (Å²) < 4.78 is 15.8. The van der Waals surface area contributed by atoms with E-state index < -0.39 is 5.97 Å². The smallest absolute Gasteiger partial charge is 0.336 e. The molecule has 2 rings (SSSR count). The second-order valence-electron chi connectivity index (χ2n) is 4.61. The van der Waals surface area contributed by atoms with E-state index in [4.69, 9.17) is 19.3 Å². The summed E-state index contributed by atoms with van der Waals surface area (Å²) in [5.74, 6) is -0.850.